The fourth-order valence-corrected chi connectivity index (χ4v) is 5.05. The third-order valence-electron chi connectivity index (χ3n) is 5.37. The number of benzene rings is 2. The van der Waals surface area contributed by atoms with E-state index in [1.165, 1.54) is 6.07 Å². The lowest BCUT2D eigenvalue weighted by Gasteiger charge is -2.12. The number of nitrogens with one attached hydrogen (secondary N) is 2. The summed E-state index contributed by atoms with van der Waals surface area (Å²) >= 11 is 1.63. The molecule has 0 bridgehead atoms. The molecule has 152 valence electrons. The number of nitriles is 1. The Morgan fingerprint density at radius 3 is 2.84 bits per heavy atom. The van der Waals surface area contributed by atoms with Crippen LogP contribution in [0.3, 0.4) is 0 Å². The van der Waals surface area contributed by atoms with Gasteiger partial charge < -0.3 is 5.32 Å². The van der Waals surface area contributed by atoms with Crippen molar-refractivity contribution in [1.82, 2.24) is 20.5 Å². The van der Waals surface area contributed by atoms with Crippen LogP contribution in [-0.2, 0) is 6.54 Å². The van der Waals surface area contributed by atoms with Gasteiger partial charge in [0.15, 0.2) is 0 Å². The van der Waals surface area contributed by atoms with Crippen LogP contribution in [0.5, 0.6) is 0 Å². The smallest absolute Gasteiger partial charge is 0.131 e. The van der Waals surface area contributed by atoms with Crippen molar-refractivity contribution >= 4 is 32.3 Å². The summed E-state index contributed by atoms with van der Waals surface area (Å²) in [6.07, 6.45) is 3.60. The molecule has 5 aromatic rings. The molecule has 0 amide bonds. The van der Waals surface area contributed by atoms with E-state index in [2.05, 4.69) is 32.6 Å². The fraction of sp³-hybridized carbons (Fsp3) is 0.125. The van der Waals surface area contributed by atoms with Gasteiger partial charge in [-0.2, -0.15) is 10.4 Å². The maximum absolute atomic E-state index is 15.2. The predicted molar refractivity (Wildman–Crippen MR) is 122 cm³/mol. The number of aryl methyl sites for hydroxylation is 1. The first-order valence-electron chi connectivity index (χ1n) is 9.79. The van der Waals surface area contributed by atoms with Crippen LogP contribution < -0.4 is 5.32 Å². The van der Waals surface area contributed by atoms with Gasteiger partial charge in [0.1, 0.15) is 11.5 Å². The zero-order chi connectivity index (χ0) is 21.5. The van der Waals surface area contributed by atoms with Gasteiger partial charge >= 0.3 is 0 Å². The SMILES string of the molecule is CNCc1cc(C)c(-c2cc3c(-c4cc5cnccc5s4)n[nH]c3cc2C#N)c(F)c1. The minimum absolute atomic E-state index is 0.334. The quantitative estimate of drug-likeness (QED) is 0.394. The molecule has 0 atom stereocenters. The van der Waals surface area contributed by atoms with Crippen molar-refractivity contribution in [2.24, 2.45) is 0 Å². The second-order valence-corrected chi connectivity index (χ2v) is 8.54. The molecular weight excluding hydrogens is 409 g/mol. The van der Waals surface area contributed by atoms with Crippen LogP contribution in [0, 0.1) is 24.1 Å². The molecule has 3 aromatic heterocycles. The standard InChI is InChI=1S/C24H18FN5S/c1-13-5-14(11-27-2)6-19(25)23(13)17-9-18-20(7-15(17)10-26)29-30-24(18)22-8-16-12-28-4-3-21(16)31-22/h3-9,12,27H,11H2,1-2H3,(H,29,30). The van der Waals surface area contributed by atoms with Crippen LogP contribution in [0.25, 0.3) is 42.7 Å². The summed E-state index contributed by atoms with van der Waals surface area (Å²) in [5, 5.41) is 22.2. The lowest BCUT2D eigenvalue weighted by atomic mass is 9.92. The zero-order valence-corrected chi connectivity index (χ0v) is 17.8. The van der Waals surface area contributed by atoms with E-state index in [0.717, 1.165) is 42.7 Å². The van der Waals surface area contributed by atoms with Crippen molar-refractivity contribution in [2.45, 2.75) is 13.5 Å². The van der Waals surface area contributed by atoms with Crippen LogP contribution in [0.2, 0.25) is 0 Å². The molecule has 0 spiro atoms. The first-order valence-corrected chi connectivity index (χ1v) is 10.6. The van der Waals surface area contributed by atoms with E-state index in [0.29, 0.717) is 23.2 Å². The summed E-state index contributed by atoms with van der Waals surface area (Å²) in [5.41, 5.74) is 4.62. The average Bonchev–Trinajstić information content (AvgIpc) is 3.36. The number of H-pyrrole nitrogens is 1. The molecule has 0 aliphatic rings. The van der Waals surface area contributed by atoms with Crippen LogP contribution in [0.4, 0.5) is 4.39 Å². The number of rotatable bonds is 4. The van der Waals surface area contributed by atoms with E-state index in [-0.39, 0.29) is 5.82 Å². The summed E-state index contributed by atoms with van der Waals surface area (Å²) in [4.78, 5) is 5.17. The van der Waals surface area contributed by atoms with Crippen molar-refractivity contribution < 1.29 is 4.39 Å². The van der Waals surface area contributed by atoms with Gasteiger partial charge in [0, 0.05) is 45.5 Å². The highest BCUT2D eigenvalue weighted by Crippen LogP contribution is 2.39. The molecule has 0 saturated heterocycles. The average molecular weight is 428 g/mol. The third kappa shape index (κ3) is 3.26. The van der Waals surface area contributed by atoms with Crippen molar-refractivity contribution in [1.29, 1.82) is 5.26 Å². The second kappa shape index (κ2) is 7.58. The Labute approximate surface area is 182 Å². The molecule has 5 nitrogen and oxygen atoms in total. The Morgan fingerprint density at radius 2 is 2.10 bits per heavy atom. The van der Waals surface area contributed by atoms with Crippen LogP contribution in [-0.4, -0.2) is 22.2 Å². The highest BCUT2D eigenvalue weighted by Gasteiger charge is 2.19. The summed E-state index contributed by atoms with van der Waals surface area (Å²) < 4.78 is 16.3. The molecule has 0 radical (unpaired) electrons. The van der Waals surface area contributed by atoms with Crippen molar-refractivity contribution in [3.05, 3.63) is 71.3 Å². The van der Waals surface area contributed by atoms with Gasteiger partial charge in [-0.1, -0.05) is 6.07 Å². The van der Waals surface area contributed by atoms with Crippen LogP contribution in [0.15, 0.2) is 48.8 Å². The normalized spacial score (nSPS) is 11.3. The number of thiophene rings is 1. The maximum atomic E-state index is 15.2. The van der Waals surface area contributed by atoms with Gasteiger partial charge in [-0.3, -0.25) is 10.1 Å². The summed E-state index contributed by atoms with van der Waals surface area (Å²) in [6, 6.07) is 13.3. The monoisotopic (exact) mass is 427 g/mol. The molecule has 2 aromatic carbocycles. The van der Waals surface area contributed by atoms with Crippen LogP contribution >= 0.6 is 11.3 Å². The minimum atomic E-state index is -0.334. The number of fused-ring (bicyclic) bond motifs is 2. The molecule has 0 fully saturated rings. The fourth-order valence-electron chi connectivity index (χ4n) is 4.02. The number of aromatic nitrogens is 3. The van der Waals surface area contributed by atoms with Gasteiger partial charge in [-0.05, 0) is 55.4 Å². The Morgan fingerprint density at radius 1 is 1.23 bits per heavy atom. The molecule has 0 aliphatic heterocycles. The number of hydrogen-bond donors (Lipinski definition) is 2. The topological polar surface area (TPSA) is 77.4 Å². The van der Waals surface area contributed by atoms with Gasteiger partial charge in [0.05, 0.1) is 22.0 Å². The zero-order valence-electron chi connectivity index (χ0n) is 17.0. The number of pyridine rings is 1. The second-order valence-electron chi connectivity index (χ2n) is 7.45. The molecule has 0 unspecified atom stereocenters. The molecule has 0 aliphatic carbocycles. The Balaban J connectivity index is 1.73. The molecule has 3 heterocycles. The van der Waals surface area contributed by atoms with Crippen LogP contribution in [0.1, 0.15) is 16.7 Å². The number of aromatic amines is 1. The highest BCUT2D eigenvalue weighted by molar-refractivity contribution is 7.22. The molecular formula is C24H18FN5S. The number of nitrogens with zero attached hydrogens (tertiary/aromatic N) is 3. The van der Waals surface area contributed by atoms with Gasteiger partial charge in [0.2, 0.25) is 0 Å². The Bertz CT molecular complexity index is 1440. The Kier molecular flexibility index (Phi) is 4.74. The molecule has 7 heteroatoms. The van der Waals surface area contributed by atoms with E-state index < -0.39 is 0 Å². The largest absolute Gasteiger partial charge is 0.316 e. The molecule has 5 rings (SSSR count). The highest BCUT2D eigenvalue weighted by atomic mass is 32.1. The van der Waals surface area contributed by atoms with Crippen molar-refractivity contribution in [2.75, 3.05) is 7.05 Å². The van der Waals surface area contributed by atoms with E-state index in [1.54, 1.807) is 23.6 Å². The van der Waals surface area contributed by atoms with E-state index >= 15 is 4.39 Å². The first kappa shape index (κ1) is 19.4. The first-order chi connectivity index (χ1) is 15.1. The lowest BCUT2D eigenvalue weighted by Crippen LogP contribution is -2.06. The van der Waals surface area contributed by atoms with Gasteiger partial charge in [-0.25, -0.2) is 4.39 Å². The predicted octanol–water partition coefficient (Wildman–Crippen LogP) is 5.55. The minimum Gasteiger partial charge on any atom is -0.316 e. The molecule has 0 saturated carbocycles. The summed E-state index contributed by atoms with van der Waals surface area (Å²) in [5.74, 6) is -0.334. The number of halogens is 1. The lowest BCUT2D eigenvalue weighted by molar-refractivity contribution is 0.626. The number of hydrogen-bond acceptors (Lipinski definition) is 5. The summed E-state index contributed by atoms with van der Waals surface area (Å²) in [7, 11) is 1.83. The van der Waals surface area contributed by atoms with Gasteiger partial charge in [-0.15, -0.1) is 11.3 Å². The van der Waals surface area contributed by atoms with Gasteiger partial charge in [0.25, 0.3) is 0 Å². The maximum Gasteiger partial charge on any atom is 0.131 e. The third-order valence-corrected chi connectivity index (χ3v) is 6.49. The Hall–Kier alpha value is -3.60. The summed E-state index contributed by atoms with van der Waals surface area (Å²) in [6.45, 7) is 2.45. The van der Waals surface area contributed by atoms with Crippen molar-refractivity contribution in [3.8, 4) is 27.8 Å². The molecule has 2 N–H and O–H groups in total. The van der Waals surface area contributed by atoms with E-state index in [4.69, 9.17) is 0 Å². The van der Waals surface area contributed by atoms with E-state index in [9.17, 15) is 5.26 Å². The van der Waals surface area contributed by atoms with Crippen molar-refractivity contribution in [3.63, 3.8) is 0 Å². The molecule has 31 heavy (non-hydrogen) atoms. The van der Waals surface area contributed by atoms with E-state index in [1.807, 2.05) is 38.4 Å².